The summed E-state index contributed by atoms with van der Waals surface area (Å²) in [6.07, 6.45) is 7.81. The maximum atomic E-state index is 5.26. The van der Waals surface area contributed by atoms with Crippen molar-refractivity contribution in [2.75, 3.05) is 6.54 Å². The molecule has 0 saturated carbocycles. The molecule has 0 aliphatic carbocycles. The third-order valence-corrected chi connectivity index (χ3v) is 18.4. The predicted octanol–water partition coefficient (Wildman–Crippen LogP) is 16.7. The lowest BCUT2D eigenvalue weighted by Crippen LogP contribution is -2.29. The molecule has 0 aliphatic rings. The molecule has 0 rings (SSSR count). The van der Waals surface area contributed by atoms with E-state index in [1.165, 1.54) is 24.2 Å². The Hall–Kier alpha value is -3.36. The zero-order valence-electron chi connectivity index (χ0n) is 47.3. The van der Waals surface area contributed by atoms with Gasteiger partial charge in [-0.25, -0.2) is 0 Å². The second kappa shape index (κ2) is 60.6. The van der Waals surface area contributed by atoms with Gasteiger partial charge in [0.25, 0.3) is 0 Å². The standard InChI is InChI=1S/C10H20Si.C9H15NSi.C9H14Si.C8H16Si.C7H14Si.3C5H8.CH4/c1-5-9-10-11(6-2,7-3)8-4;1-4-5-8-11(2,3)9-6-7-10;1-5-6-7-8-9-10(2,3)4;1-5-7-8-9(3,4)6-2;1-5-6-7-8(2,3)4;3*1-3-5-4-2;/h5-8H2,1-4H3;4,7,10H2,1-3H3;5H2,1-4H3;5-6H2,1-4H3;5H2,1-4H3;3*3H2,1-2H3;1H4. The van der Waals surface area contributed by atoms with Crippen LogP contribution in [0.2, 0.25) is 89.6 Å². The van der Waals surface area contributed by atoms with Crippen molar-refractivity contribution in [2.24, 2.45) is 5.73 Å². The maximum Gasteiger partial charge on any atom is 0.210 e. The fourth-order valence-electron chi connectivity index (χ4n) is 3.55. The Morgan fingerprint density at radius 1 is 0.323 bits per heavy atom. The quantitative estimate of drug-likeness (QED) is 0.220. The fraction of sp³-hybridized carbons (Fsp3) is 0.661. The lowest BCUT2D eigenvalue weighted by molar-refractivity contribution is 1.20. The van der Waals surface area contributed by atoms with Gasteiger partial charge in [0.15, 0.2) is 0 Å². The van der Waals surface area contributed by atoms with E-state index in [0.29, 0.717) is 6.54 Å². The molecule has 368 valence electrons. The summed E-state index contributed by atoms with van der Waals surface area (Å²) in [7, 11) is -5.92. The normalized spacial score (nSPS) is 8.52. The minimum Gasteiger partial charge on any atom is -0.320 e. The van der Waals surface area contributed by atoms with Crippen molar-refractivity contribution in [3.8, 4) is 116 Å². The van der Waals surface area contributed by atoms with Crippen LogP contribution in [0.15, 0.2) is 0 Å². The van der Waals surface area contributed by atoms with Crippen LogP contribution in [0, 0.1) is 116 Å². The minimum atomic E-state index is -1.55. The zero-order valence-corrected chi connectivity index (χ0v) is 52.3. The highest BCUT2D eigenvalue weighted by atomic mass is 28.3. The molecule has 0 radical (unpaired) electrons. The minimum absolute atomic E-state index is 0. The van der Waals surface area contributed by atoms with Gasteiger partial charge in [-0.3, -0.25) is 0 Å². The van der Waals surface area contributed by atoms with Crippen LogP contribution in [0.3, 0.4) is 0 Å². The van der Waals surface area contributed by atoms with Crippen LogP contribution < -0.4 is 5.73 Å². The van der Waals surface area contributed by atoms with E-state index in [-0.39, 0.29) is 7.43 Å². The predicted molar refractivity (Wildman–Crippen MR) is 322 cm³/mol. The molecule has 6 heteroatoms. The second-order valence-electron chi connectivity index (χ2n) is 17.1. The third kappa shape index (κ3) is 95.9. The van der Waals surface area contributed by atoms with Gasteiger partial charge in [0.05, 0.1) is 6.54 Å². The van der Waals surface area contributed by atoms with Crippen LogP contribution in [0.4, 0.5) is 0 Å². The molecule has 0 fully saturated rings. The average Bonchev–Trinajstić information content (AvgIpc) is 3.25. The molecule has 0 bridgehead atoms. The molecule has 0 aliphatic heterocycles. The molecule has 0 heterocycles. The van der Waals surface area contributed by atoms with Crippen molar-refractivity contribution in [1.82, 2.24) is 0 Å². The van der Waals surface area contributed by atoms with Gasteiger partial charge >= 0.3 is 0 Å². The molecule has 0 amide bonds. The van der Waals surface area contributed by atoms with Crippen molar-refractivity contribution in [1.29, 1.82) is 0 Å². The van der Waals surface area contributed by atoms with Gasteiger partial charge in [-0.2, -0.15) is 0 Å². The highest BCUT2D eigenvalue weighted by Gasteiger charge is 2.23. The molecular weight excluding hydrogens is 863 g/mol. The van der Waals surface area contributed by atoms with Crippen molar-refractivity contribution >= 4 is 40.4 Å². The summed E-state index contributed by atoms with van der Waals surface area (Å²) in [5, 5.41) is 0. The van der Waals surface area contributed by atoms with E-state index in [4.69, 9.17) is 5.73 Å². The fourth-order valence-corrected chi connectivity index (χ4v) is 9.34. The first kappa shape index (κ1) is 81.8. The van der Waals surface area contributed by atoms with Gasteiger partial charge in [-0.1, -0.05) is 155 Å². The van der Waals surface area contributed by atoms with Gasteiger partial charge in [0.1, 0.15) is 32.3 Å². The number of hydrogen-bond donors (Lipinski definition) is 1. The molecule has 65 heavy (non-hydrogen) atoms. The van der Waals surface area contributed by atoms with Crippen molar-refractivity contribution in [3.05, 3.63) is 0 Å². The lowest BCUT2D eigenvalue weighted by Gasteiger charge is -2.19. The van der Waals surface area contributed by atoms with Crippen molar-refractivity contribution in [3.63, 3.8) is 0 Å². The van der Waals surface area contributed by atoms with Gasteiger partial charge < -0.3 is 5.73 Å². The number of nitrogens with two attached hydrogens (primary N) is 1. The summed E-state index contributed by atoms with van der Waals surface area (Å²) in [5.41, 5.74) is 24.9. The van der Waals surface area contributed by atoms with E-state index in [1.807, 2.05) is 55.4 Å². The van der Waals surface area contributed by atoms with Crippen LogP contribution in [-0.2, 0) is 0 Å². The largest absolute Gasteiger partial charge is 0.320 e. The zero-order chi connectivity index (χ0) is 51.8. The Balaban J connectivity index is -0.0000000800. The first-order valence-electron chi connectivity index (χ1n) is 24.2. The van der Waals surface area contributed by atoms with Crippen LogP contribution in [0.5, 0.6) is 0 Å². The van der Waals surface area contributed by atoms with E-state index < -0.39 is 40.4 Å². The van der Waals surface area contributed by atoms with Crippen molar-refractivity contribution in [2.45, 2.75) is 252 Å². The van der Waals surface area contributed by atoms with Gasteiger partial charge in [-0.05, 0) is 69.9 Å². The Kier molecular flexibility index (Phi) is 76.3. The highest BCUT2D eigenvalue weighted by molar-refractivity contribution is 6.92. The summed E-state index contributed by atoms with van der Waals surface area (Å²) >= 11 is 0. The summed E-state index contributed by atoms with van der Waals surface area (Å²) in [4.78, 5) is 0. The number of rotatable bonds is 4. The van der Waals surface area contributed by atoms with Gasteiger partial charge in [0.2, 0.25) is 8.07 Å². The van der Waals surface area contributed by atoms with Crippen LogP contribution >= 0.6 is 0 Å². The first-order valence-corrected chi connectivity index (χ1v) is 40.1. The monoisotopic (exact) mass is 970 g/mol. The highest BCUT2D eigenvalue weighted by Crippen LogP contribution is 2.18. The van der Waals surface area contributed by atoms with E-state index in [9.17, 15) is 0 Å². The van der Waals surface area contributed by atoms with Gasteiger partial charge in [-0.15, -0.1) is 92.5 Å². The molecular formula is C59H107NSi5. The summed E-state index contributed by atoms with van der Waals surface area (Å²) in [6, 6.07) is 5.26. The molecule has 0 unspecified atom stereocenters. The molecule has 0 atom stereocenters. The van der Waals surface area contributed by atoms with Crippen LogP contribution in [-0.4, -0.2) is 46.9 Å². The SMILES string of the molecule is C.CC#CCC.CC#CCC.CC#CCC.CCC#CC#C[Si](C)(C)C.CCC#C[Si](C)(C)C.CCC#C[Si](C)(C)C#CCN.CCC#C[Si](C)(C)CC.CCC#C[Si](CC)(CC)CC. The molecule has 0 aromatic rings. The number of hydrogen-bond acceptors (Lipinski definition) is 1. The Labute approximate surface area is 418 Å². The second-order valence-corrected chi connectivity index (χ2v) is 40.0. The average molecular weight is 971 g/mol. The topological polar surface area (TPSA) is 26.0 Å². The van der Waals surface area contributed by atoms with E-state index in [2.05, 4.69) is 230 Å². The molecule has 0 saturated heterocycles. The van der Waals surface area contributed by atoms with E-state index >= 15 is 0 Å². The Morgan fingerprint density at radius 3 is 0.877 bits per heavy atom. The molecule has 0 aromatic heterocycles. The summed E-state index contributed by atoms with van der Waals surface area (Å²) in [6.45, 7) is 54.0. The third-order valence-electron chi connectivity index (χ3n) is 7.59. The Morgan fingerprint density at radius 2 is 0.631 bits per heavy atom. The van der Waals surface area contributed by atoms with E-state index in [0.717, 1.165) is 51.4 Å². The van der Waals surface area contributed by atoms with Crippen LogP contribution in [0.1, 0.15) is 163 Å². The maximum absolute atomic E-state index is 5.26. The molecule has 0 aromatic carbocycles. The smallest absolute Gasteiger partial charge is 0.210 e. The summed E-state index contributed by atoms with van der Waals surface area (Å²) in [5.74, 6) is 41.0. The Bertz CT molecular complexity index is 1650. The summed E-state index contributed by atoms with van der Waals surface area (Å²) < 4.78 is 0. The molecule has 1 nitrogen and oxygen atoms in total. The molecule has 0 spiro atoms. The lowest BCUT2D eigenvalue weighted by atomic mass is 10.5. The molecule has 2 N–H and O–H groups in total. The van der Waals surface area contributed by atoms with E-state index in [1.54, 1.807) is 0 Å². The van der Waals surface area contributed by atoms with Gasteiger partial charge in [0, 0.05) is 51.4 Å². The first-order chi connectivity index (χ1) is 29.8. The van der Waals surface area contributed by atoms with Crippen LogP contribution in [0.25, 0.3) is 0 Å². The van der Waals surface area contributed by atoms with Crippen molar-refractivity contribution < 1.29 is 0 Å².